The number of aromatic nitrogens is 1. The lowest BCUT2D eigenvalue weighted by molar-refractivity contribution is 0.286. The van der Waals surface area contributed by atoms with Gasteiger partial charge in [0, 0.05) is 19.2 Å². The molecular weight excluding hydrogens is 280 g/mol. The number of benzene rings is 1. The zero-order chi connectivity index (χ0) is 14.7. The first-order valence-corrected chi connectivity index (χ1v) is 8.46. The Hall–Kier alpha value is -1.39. The van der Waals surface area contributed by atoms with Crippen LogP contribution in [-0.2, 0) is 6.61 Å². The van der Waals surface area contributed by atoms with Crippen LogP contribution in [0.3, 0.4) is 0 Å². The molecule has 0 spiro atoms. The summed E-state index contributed by atoms with van der Waals surface area (Å²) >= 11 is 1.61. The normalized spacial score (nSPS) is 15.5. The van der Waals surface area contributed by atoms with Crippen molar-refractivity contribution < 1.29 is 5.11 Å². The van der Waals surface area contributed by atoms with E-state index in [2.05, 4.69) is 24.1 Å². The Kier molecular flexibility index (Phi) is 4.56. The summed E-state index contributed by atoms with van der Waals surface area (Å²) in [6.07, 6.45) is 5.42. The van der Waals surface area contributed by atoms with E-state index < -0.39 is 0 Å². The van der Waals surface area contributed by atoms with Crippen LogP contribution in [0, 0.1) is 5.92 Å². The van der Waals surface area contributed by atoms with E-state index in [9.17, 15) is 5.11 Å². The van der Waals surface area contributed by atoms with Gasteiger partial charge in [0.1, 0.15) is 0 Å². The first-order chi connectivity index (χ1) is 10.3. The van der Waals surface area contributed by atoms with Crippen molar-refractivity contribution in [1.82, 2.24) is 4.98 Å². The van der Waals surface area contributed by atoms with Crippen molar-refractivity contribution in [2.24, 2.45) is 5.92 Å². The van der Waals surface area contributed by atoms with Gasteiger partial charge in [0.25, 0.3) is 0 Å². The fraction of sp³-hybridized carbons (Fsp3) is 0.471. The SMILES string of the molecule is CN(CC1CCCC1)c1nc(-c2ccccc2)c(CO)s1. The molecule has 0 unspecified atom stereocenters. The van der Waals surface area contributed by atoms with Gasteiger partial charge in [0.15, 0.2) is 5.13 Å². The van der Waals surface area contributed by atoms with E-state index in [0.717, 1.165) is 33.7 Å². The Labute approximate surface area is 130 Å². The number of thiazole rings is 1. The topological polar surface area (TPSA) is 36.4 Å². The molecule has 1 heterocycles. The van der Waals surface area contributed by atoms with Crippen molar-refractivity contribution in [1.29, 1.82) is 0 Å². The molecule has 1 fully saturated rings. The Morgan fingerprint density at radius 3 is 2.62 bits per heavy atom. The van der Waals surface area contributed by atoms with Crippen molar-refractivity contribution in [3.63, 3.8) is 0 Å². The van der Waals surface area contributed by atoms with Gasteiger partial charge in [-0.25, -0.2) is 4.98 Å². The largest absolute Gasteiger partial charge is 0.391 e. The number of anilines is 1. The second-order valence-electron chi connectivity index (χ2n) is 5.82. The van der Waals surface area contributed by atoms with Gasteiger partial charge in [-0.3, -0.25) is 0 Å². The predicted octanol–water partition coefficient (Wildman–Crippen LogP) is 3.93. The van der Waals surface area contributed by atoms with Gasteiger partial charge >= 0.3 is 0 Å². The second-order valence-corrected chi connectivity index (χ2v) is 6.89. The van der Waals surface area contributed by atoms with Gasteiger partial charge in [-0.2, -0.15) is 0 Å². The minimum atomic E-state index is 0.0547. The molecule has 21 heavy (non-hydrogen) atoms. The average molecular weight is 302 g/mol. The average Bonchev–Trinajstić information content (AvgIpc) is 3.17. The fourth-order valence-electron chi connectivity index (χ4n) is 3.09. The van der Waals surface area contributed by atoms with Crippen molar-refractivity contribution in [3.8, 4) is 11.3 Å². The molecular formula is C17H22N2OS. The number of rotatable bonds is 5. The molecule has 2 aromatic rings. The number of aliphatic hydroxyl groups is 1. The van der Waals surface area contributed by atoms with Crippen LogP contribution in [0.5, 0.6) is 0 Å². The maximum Gasteiger partial charge on any atom is 0.185 e. The van der Waals surface area contributed by atoms with E-state index in [1.807, 2.05) is 18.2 Å². The zero-order valence-corrected chi connectivity index (χ0v) is 13.3. The summed E-state index contributed by atoms with van der Waals surface area (Å²) in [6.45, 7) is 1.13. The lowest BCUT2D eigenvalue weighted by atomic mass is 10.1. The molecule has 4 heteroatoms. The van der Waals surface area contributed by atoms with Crippen LogP contribution in [0.2, 0.25) is 0 Å². The molecule has 1 aliphatic carbocycles. The number of aliphatic hydroxyl groups excluding tert-OH is 1. The van der Waals surface area contributed by atoms with E-state index >= 15 is 0 Å². The monoisotopic (exact) mass is 302 g/mol. The summed E-state index contributed by atoms with van der Waals surface area (Å²) in [6, 6.07) is 10.1. The molecule has 0 bridgehead atoms. The molecule has 112 valence electrons. The van der Waals surface area contributed by atoms with E-state index in [0.29, 0.717) is 0 Å². The molecule has 0 radical (unpaired) electrons. The van der Waals surface area contributed by atoms with E-state index in [1.54, 1.807) is 11.3 Å². The molecule has 3 nitrogen and oxygen atoms in total. The van der Waals surface area contributed by atoms with Crippen molar-refractivity contribution in [2.45, 2.75) is 32.3 Å². The third kappa shape index (κ3) is 3.27. The maximum atomic E-state index is 9.61. The van der Waals surface area contributed by atoms with Crippen LogP contribution in [0.25, 0.3) is 11.3 Å². The summed E-state index contributed by atoms with van der Waals surface area (Å²) in [4.78, 5) is 7.99. The Balaban J connectivity index is 1.81. The molecule has 0 saturated heterocycles. The van der Waals surface area contributed by atoms with Crippen molar-refractivity contribution >= 4 is 16.5 Å². The van der Waals surface area contributed by atoms with Crippen LogP contribution >= 0.6 is 11.3 Å². The number of hydrogen-bond acceptors (Lipinski definition) is 4. The smallest absolute Gasteiger partial charge is 0.185 e. The molecule has 1 N–H and O–H groups in total. The second kappa shape index (κ2) is 6.58. The standard InChI is InChI=1S/C17H22N2OS/c1-19(11-13-7-5-6-8-13)17-18-16(15(12-20)21-17)14-9-3-2-4-10-14/h2-4,9-10,13,20H,5-8,11-12H2,1H3. The summed E-state index contributed by atoms with van der Waals surface area (Å²) in [7, 11) is 2.12. The molecule has 1 aromatic carbocycles. The highest BCUT2D eigenvalue weighted by Gasteiger charge is 2.20. The van der Waals surface area contributed by atoms with Crippen LogP contribution in [0.1, 0.15) is 30.6 Å². The van der Waals surface area contributed by atoms with Crippen molar-refractivity contribution in [2.75, 3.05) is 18.5 Å². The van der Waals surface area contributed by atoms with E-state index in [4.69, 9.17) is 4.98 Å². The van der Waals surface area contributed by atoms with Gasteiger partial charge in [-0.1, -0.05) is 54.5 Å². The summed E-state index contributed by atoms with van der Waals surface area (Å²) in [5.74, 6) is 0.802. The molecule has 3 rings (SSSR count). The van der Waals surface area contributed by atoms with Crippen LogP contribution in [0.4, 0.5) is 5.13 Å². The Morgan fingerprint density at radius 1 is 1.24 bits per heavy atom. The molecule has 1 aromatic heterocycles. The first-order valence-electron chi connectivity index (χ1n) is 7.65. The number of hydrogen-bond donors (Lipinski definition) is 1. The van der Waals surface area contributed by atoms with Gasteiger partial charge in [-0.05, 0) is 18.8 Å². The maximum absolute atomic E-state index is 9.61. The first kappa shape index (κ1) is 14.5. The molecule has 0 aliphatic heterocycles. The molecule has 1 saturated carbocycles. The molecule has 1 aliphatic rings. The summed E-state index contributed by atoms with van der Waals surface area (Å²) in [5.41, 5.74) is 2.01. The van der Waals surface area contributed by atoms with Gasteiger partial charge < -0.3 is 10.0 Å². The Morgan fingerprint density at radius 2 is 1.95 bits per heavy atom. The summed E-state index contributed by atoms with van der Waals surface area (Å²) < 4.78 is 0. The zero-order valence-electron chi connectivity index (χ0n) is 12.5. The summed E-state index contributed by atoms with van der Waals surface area (Å²) in [5, 5.41) is 10.6. The van der Waals surface area contributed by atoms with Crippen LogP contribution < -0.4 is 4.90 Å². The highest BCUT2D eigenvalue weighted by atomic mass is 32.1. The minimum absolute atomic E-state index is 0.0547. The van der Waals surface area contributed by atoms with E-state index in [-0.39, 0.29) is 6.61 Å². The fourth-order valence-corrected chi connectivity index (χ4v) is 4.00. The predicted molar refractivity (Wildman–Crippen MR) is 88.7 cm³/mol. The lowest BCUT2D eigenvalue weighted by Crippen LogP contribution is -2.23. The minimum Gasteiger partial charge on any atom is -0.391 e. The van der Waals surface area contributed by atoms with Gasteiger partial charge in [0.05, 0.1) is 17.2 Å². The highest BCUT2D eigenvalue weighted by molar-refractivity contribution is 7.16. The third-order valence-corrected chi connectivity index (χ3v) is 5.36. The van der Waals surface area contributed by atoms with Crippen LogP contribution in [-0.4, -0.2) is 23.7 Å². The highest BCUT2D eigenvalue weighted by Crippen LogP contribution is 2.34. The Bertz CT molecular complexity index is 576. The van der Waals surface area contributed by atoms with Crippen molar-refractivity contribution in [3.05, 3.63) is 35.2 Å². The van der Waals surface area contributed by atoms with Gasteiger partial charge in [0.2, 0.25) is 0 Å². The van der Waals surface area contributed by atoms with Crippen LogP contribution in [0.15, 0.2) is 30.3 Å². The third-order valence-electron chi connectivity index (χ3n) is 4.21. The van der Waals surface area contributed by atoms with E-state index in [1.165, 1.54) is 25.7 Å². The molecule has 0 amide bonds. The number of nitrogens with zero attached hydrogens (tertiary/aromatic N) is 2. The van der Waals surface area contributed by atoms with Gasteiger partial charge in [-0.15, -0.1) is 0 Å². The molecule has 0 atom stereocenters. The quantitative estimate of drug-likeness (QED) is 0.909. The lowest BCUT2D eigenvalue weighted by Gasteiger charge is -2.19.